The van der Waals surface area contributed by atoms with Gasteiger partial charge in [0.25, 0.3) is 0 Å². The molecule has 0 bridgehead atoms. The number of hydrazine groups is 1. The van der Waals surface area contributed by atoms with E-state index >= 15 is 0 Å². The third-order valence-corrected chi connectivity index (χ3v) is 2.07. The molecule has 0 fully saturated rings. The van der Waals surface area contributed by atoms with E-state index in [-0.39, 0.29) is 0 Å². The van der Waals surface area contributed by atoms with E-state index in [1.165, 1.54) is 11.1 Å². The number of benzene rings is 1. The Morgan fingerprint density at radius 2 is 2.15 bits per heavy atom. The Balaban J connectivity index is 2.81. The van der Waals surface area contributed by atoms with Crippen LogP contribution in [-0.4, -0.2) is 14.2 Å². The van der Waals surface area contributed by atoms with Crippen LogP contribution >= 0.6 is 0 Å². The first-order chi connectivity index (χ1) is 6.29. The number of ether oxygens (including phenoxy) is 1. The summed E-state index contributed by atoms with van der Waals surface area (Å²) in [5.74, 6) is 0.940. The molecule has 1 aromatic rings. The van der Waals surface area contributed by atoms with Gasteiger partial charge in [0.1, 0.15) is 5.75 Å². The van der Waals surface area contributed by atoms with Crippen LogP contribution in [0.5, 0.6) is 5.75 Å². The fourth-order valence-corrected chi connectivity index (χ4v) is 1.26. The van der Waals surface area contributed by atoms with Gasteiger partial charge in [0.15, 0.2) is 0 Å². The maximum atomic E-state index is 5.22. The van der Waals surface area contributed by atoms with Crippen molar-refractivity contribution in [2.45, 2.75) is 13.5 Å². The lowest BCUT2D eigenvalue weighted by Crippen LogP contribution is -2.26. The average molecular weight is 180 g/mol. The quantitative estimate of drug-likeness (QED) is 0.684. The third kappa shape index (κ3) is 2.44. The second kappa shape index (κ2) is 4.84. The van der Waals surface area contributed by atoms with Crippen LogP contribution in [-0.2, 0) is 6.54 Å². The Kier molecular flexibility index (Phi) is 3.73. The van der Waals surface area contributed by atoms with Crippen LogP contribution in [0, 0.1) is 6.92 Å². The van der Waals surface area contributed by atoms with Gasteiger partial charge in [-0.2, -0.15) is 0 Å². The number of methoxy groups -OCH3 is 1. The summed E-state index contributed by atoms with van der Waals surface area (Å²) in [6, 6.07) is 6.05. The Labute approximate surface area is 79.1 Å². The summed E-state index contributed by atoms with van der Waals surface area (Å²) in [4.78, 5) is 0. The molecule has 1 aromatic carbocycles. The highest BCUT2D eigenvalue weighted by Crippen LogP contribution is 2.20. The molecule has 1 rings (SSSR count). The first-order valence-corrected chi connectivity index (χ1v) is 4.31. The molecule has 0 heterocycles. The molecule has 0 radical (unpaired) electrons. The Morgan fingerprint density at radius 1 is 1.38 bits per heavy atom. The van der Waals surface area contributed by atoms with Crippen molar-refractivity contribution in [3.8, 4) is 5.75 Å². The third-order valence-electron chi connectivity index (χ3n) is 2.07. The molecule has 13 heavy (non-hydrogen) atoms. The minimum Gasteiger partial charge on any atom is -0.496 e. The molecule has 0 aliphatic heterocycles. The van der Waals surface area contributed by atoms with Gasteiger partial charge in [-0.1, -0.05) is 12.1 Å². The summed E-state index contributed by atoms with van der Waals surface area (Å²) in [5, 5.41) is 0. The molecule has 0 aliphatic carbocycles. The van der Waals surface area contributed by atoms with Crippen molar-refractivity contribution >= 4 is 0 Å². The lowest BCUT2D eigenvalue weighted by Gasteiger charge is -2.10. The Hall–Kier alpha value is -1.06. The summed E-state index contributed by atoms with van der Waals surface area (Å²) in [6.45, 7) is 2.87. The monoisotopic (exact) mass is 180 g/mol. The van der Waals surface area contributed by atoms with Gasteiger partial charge in [-0.25, -0.2) is 0 Å². The van der Waals surface area contributed by atoms with Gasteiger partial charge >= 0.3 is 0 Å². The molecule has 0 aromatic heterocycles. The molecule has 2 N–H and O–H groups in total. The lowest BCUT2D eigenvalue weighted by atomic mass is 10.1. The van der Waals surface area contributed by atoms with Crippen LogP contribution < -0.4 is 15.6 Å². The largest absolute Gasteiger partial charge is 0.496 e. The molecule has 0 aliphatic rings. The molecule has 0 amide bonds. The topological polar surface area (TPSA) is 33.3 Å². The highest BCUT2D eigenvalue weighted by Gasteiger charge is 2.02. The van der Waals surface area contributed by atoms with Gasteiger partial charge in [-0.15, -0.1) is 0 Å². The maximum Gasteiger partial charge on any atom is 0.122 e. The lowest BCUT2D eigenvalue weighted by molar-refractivity contribution is 0.410. The van der Waals surface area contributed by atoms with Gasteiger partial charge in [0.2, 0.25) is 0 Å². The molecule has 0 saturated heterocycles. The number of hydrogen-bond acceptors (Lipinski definition) is 3. The first-order valence-electron chi connectivity index (χ1n) is 4.31. The minimum atomic E-state index is 0.805. The first kappa shape index (κ1) is 10.0. The summed E-state index contributed by atoms with van der Waals surface area (Å²) >= 11 is 0. The minimum absolute atomic E-state index is 0.805. The van der Waals surface area contributed by atoms with Gasteiger partial charge in [-0.3, -0.25) is 10.9 Å². The molecule has 72 valence electrons. The van der Waals surface area contributed by atoms with Gasteiger partial charge in [0.05, 0.1) is 7.11 Å². The van der Waals surface area contributed by atoms with Crippen molar-refractivity contribution in [2.75, 3.05) is 14.2 Å². The standard InChI is InChI=1S/C10H16N2O/c1-8-9(7-12-11-2)5-4-6-10(8)13-3/h4-6,11-12H,7H2,1-3H3. The van der Waals surface area contributed by atoms with Crippen molar-refractivity contribution in [3.05, 3.63) is 29.3 Å². The SMILES string of the molecule is CNNCc1cccc(OC)c1C. The van der Waals surface area contributed by atoms with Crippen LogP contribution in [0.25, 0.3) is 0 Å². The molecule has 0 unspecified atom stereocenters. The maximum absolute atomic E-state index is 5.22. The van der Waals surface area contributed by atoms with Gasteiger partial charge < -0.3 is 4.74 Å². The van der Waals surface area contributed by atoms with Crippen LogP contribution in [0.2, 0.25) is 0 Å². The fourth-order valence-electron chi connectivity index (χ4n) is 1.26. The zero-order chi connectivity index (χ0) is 9.68. The van der Waals surface area contributed by atoms with Gasteiger partial charge in [-0.05, 0) is 31.2 Å². The molecule has 0 spiro atoms. The normalized spacial score (nSPS) is 10.1. The molecule has 3 heteroatoms. The van der Waals surface area contributed by atoms with E-state index in [2.05, 4.69) is 23.8 Å². The Bertz CT molecular complexity index is 274. The van der Waals surface area contributed by atoms with Crippen LogP contribution in [0.15, 0.2) is 18.2 Å². The fraction of sp³-hybridized carbons (Fsp3) is 0.400. The van der Waals surface area contributed by atoms with Crippen LogP contribution in [0.3, 0.4) is 0 Å². The van der Waals surface area contributed by atoms with E-state index in [4.69, 9.17) is 4.74 Å². The van der Waals surface area contributed by atoms with E-state index in [9.17, 15) is 0 Å². The zero-order valence-electron chi connectivity index (χ0n) is 8.35. The smallest absolute Gasteiger partial charge is 0.122 e. The second-order valence-electron chi connectivity index (χ2n) is 2.85. The predicted octanol–water partition coefficient (Wildman–Crippen LogP) is 1.23. The highest BCUT2D eigenvalue weighted by molar-refractivity contribution is 5.38. The van der Waals surface area contributed by atoms with E-state index < -0.39 is 0 Å². The summed E-state index contributed by atoms with van der Waals surface area (Å²) in [5.41, 5.74) is 8.37. The molecular weight excluding hydrogens is 164 g/mol. The number of nitrogens with one attached hydrogen (secondary N) is 2. The molecule has 3 nitrogen and oxygen atoms in total. The molecular formula is C10H16N2O. The van der Waals surface area contributed by atoms with Crippen molar-refractivity contribution in [2.24, 2.45) is 0 Å². The van der Waals surface area contributed by atoms with Crippen LogP contribution in [0.4, 0.5) is 0 Å². The van der Waals surface area contributed by atoms with E-state index in [0.29, 0.717) is 0 Å². The van der Waals surface area contributed by atoms with Crippen molar-refractivity contribution in [3.63, 3.8) is 0 Å². The summed E-state index contributed by atoms with van der Waals surface area (Å²) in [7, 11) is 3.55. The predicted molar refractivity (Wildman–Crippen MR) is 53.6 cm³/mol. The van der Waals surface area contributed by atoms with Gasteiger partial charge in [0, 0.05) is 6.54 Å². The van der Waals surface area contributed by atoms with E-state index in [1.54, 1.807) is 7.11 Å². The average Bonchev–Trinajstić information content (AvgIpc) is 2.16. The number of hydrogen-bond donors (Lipinski definition) is 2. The van der Waals surface area contributed by atoms with Crippen molar-refractivity contribution in [1.29, 1.82) is 0 Å². The van der Waals surface area contributed by atoms with Crippen molar-refractivity contribution in [1.82, 2.24) is 10.9 Å². The summed E-state index contributed by atoms with van der Waals surface area (Å²) < 4.78 is 5.22. The van der Waals surface area contributed by atoms with E-state index in [1.807, 2.05) is 19.2 Å². The van der Waals surface area contributed by atoms with Crippen LogP contribution in [0.1, 0.15) is 11.1 Å². The van der Waals surface area contributed by atoms with E-state index in [0.717, 1.165) is 12.3 Å². The molecule has 0 saturated carbocycles. The molecule has 0 atom stereocenters. The second-order valence-corrected chi connectivity index (χ2v) is 2.85. The summed E-state index contributed by atoms with van der Waals surface area (Å²) in [6.07, 6.45) is 0. The zero-order valence-corrected chi connectivity index (χ0v) is 8.35. The highest BCUT2D eigenvalue weighted by atomic mass is 16.5. The Morgan fingerprint density at radius 3 is 2.77 bits per heavy atom. The number of rotatable bonds is 4. The van der Waals surface area contributed by atoms with Crippen molar-refractivity contribution < 1.29 is 4.74 Å².